The van der Waals surface area contributed by atoms with Gasteiger partial charge >= 0.3 is 5.97 Å². The fourth-order valence-corrected chi connectivity index (χ4v) is 3.35. The van der Waals surface area contributed by atoms with Gasteiger partial charge in [-0.1, -0.05) is 37.8 Å². The Balaban J connectivity index is 2.32. The van der Waals surface area contributed by atoms with Gasteiger partial charge in [0.1, 0.15) is 10.4 Å². The van der Waals surface area contributed by atoms with Crippen molar-refractivity contribution < 1.29 is 14.7 Å². The van der Waals surface area contributed by atoms with Crippen LogP contribution in [0.1, 0.15) is 19.4 Å². The van der Waals surface area contributed by atoms with Crippen molar-refractivity contribution in [3.8, 4) is 0 Å². The highest BCUT2D eigenvalue weighted by molar-refractivity contribution is 8.26. The highest BCUT2D eigenvalue weighted by Gasteiger charge is 2.41. The lowest BCUT2D eigenvalue weighted by Crippen LogP contribution is -2.47. The Labute approximate surface area is 132 Å². The van der Waals surface area contributed by atoms with Gasteiger partial charge in [-0.15, -0.1) is 0 Å². The molecule has 0 radical (unpaired) electrons. The van der Waals surface area contributed by atoms with E-state index in [2.05, 4.69) is 4.98 Å². The van der Waals surface area contributed by atoms with Crippen molar-refractivity contribution >= 4 is 46.3 Å². The average molecular weight is 322 g/mol. The topological polar surface area (TPSA) is 70.5 Å². The van der Waals surface area contributed by atoms with E-state index in [1.807, 2.05) is 0 Å². The molecule has 0 spiro atoms. The Morgan fingerprint density at radius 2 is 2.05 bits per heavy atom. The molecule has 0 aliphatic carbocycles. The normalized spacial score (nSPS) is 18.6. The number of amides is 1. The van der Waals surface area contributed by atoms with Gasteiger partial charge in [0.2, 0.25) is 0 Å². The lowest BCUT2D eigenvalue weighted by molar-refractivity contribution is -0.146. The molecular weight excluding hydrogens is 308 g/mol. The summed E-state index contributed by atoms with van der Waals surface area (Å²) in [6.07, 6.45) is 4.95. The molecule has 2 heterocycles. The van der Waals surface area contributed by atoms with E-state index in [1.165, 1.54) is 4.90 Å². The van der Waals surface area contributed by atoms with E-state index in [-0.39, 0.29) is 16.1 Å². The summed E-state index contributed by atoms with van der Waals surface area (Å²) in [5.74, 6) is -1.64. The zero-order chi connectivity index (χ0) is 15.6. The second-order valence-electron chi connectivity index (χ2n) is 4.86. The van der Waals surface area contributed by atoms with Crippen LogP contribution in [0.5, 0.6) is 0 Å². The number of carbonyl (C=O) groups is 2. The zero-order valence-corrected chi connectivity index (χ0v) is 13.1. The Morgan fingerprint density at radius 3 is 2.57 bits per heavy atom. The fraction of sp³-hybridized carbons (Fsp3) is 0.286. The van der Waals surface area contributed by atoms with Crippen molar-refractivity contribution in [1.82, 2.24) is 9.88 Å². The van der Waals surface area contributed by atoms with Gasteiger partial charge in [-0.05, 0) is 29.7 Å². The van der Waals surface area contributed by atoms with Gasteiger partial charge in [0.25, 0.3) is 5.91 Å². The molecule has 1 aromatic rings. The quantitative estimate of drug-likeness (QED) is 0.678. The Morgan fingerprint density at radius 1 is 1.43 bits per heavy atom. The highest BCUT2D eigenvalue weighted by atomic mass is 32.2. The Hall–Kier alpha value is -1.73. The Kier molecular flexibility index (Phi) is 4.74. The van der Waals surface area contributed by atoms with E-state index in [1.54, 1.807) is 44.4 Å². The van der Waals surface area contributed by atoms with E-state index in [4.69, 9.17) is 12.2 Å². The minimum atomic E-state index is -1.05. The number of carboxylic acid groups (broad SMARTS) is 1. The van der Waals surface area contributed by atoms with Gasteiger partial charge in [0.15, 0.2) is 0 Å². The third-order valence-electron chi connectivity index (χ3n) is 2.99. The van der Waals surface area contributed by atoms with Crippen molar-refractivity contribution in [2.45, 2.75) is 19.9 Å². The number of hydrogen-bond acceptors (Lipinski definition) is 5. The van der Waals surface area contributed by atoms with Crippen LogP contribution in [0, 0.1) is 5.92 Å². The van der Waals surface area contributed by atoms with E-state index >= 15 is 0 Å². The van der Waals surface area contributed by atoms with Crippen LogP contribution < -0.4 is 0 Å². The lowest BCUT2D eigenvalue weighted by atomic mass is 10.0. The molecule has 1 fully saturated rings. The van der Waals surface area contributed by atoms with E-state index in [0.717, 1.165) is 17.3 Å². The summed E-state index contributed by atoms with van der Waals surface area (Å²) in [5.41, 5.74) is 0.821. The van der Waals surface area contributed by atoms with Crippen LogP contribution in [0.4, 0.5) is 0 Å². The zero-order valence-electron chi connectivity index (χ0n) is 11.5. The SMILES string of the molecule is CC(C)C(C(=O)O)N1C(=O)/C(=C\c2ccncc2)SC1=S. The summed E-state index contributed by atoms with van der Waals surface area (Å²) in [7, 11) is 0. The summed E-state index contributed by atoms with van der Waals surface area (Å²) >= 11 is 6.30. The van der Waals surface area contributed by atoms with Crippen molar-refractivity contribution in [1.29, 1.82) is 0 Å². The van der Waals surface area contributed by atoms with Crippen LogP contribution in [0.3, 0.4) is 0 Å². The van der Waals surface area contributed by atoms with Gasteiger partial charge in [-0.25, -0.2) is 4.79 Å². The molecule has 1 aromatic heterocycles. The number of carboxylic acids is 1. The minimum absolute atomic E-state index is 0.231. The molecule has 1 aliphatic heterocycles. The van der Waals surface area contributed by atoms with Crippen LogP contribution in [0.25, 0.3) is 6.08 Å². The molecule has 0 aromatic carbocycles. The molecule has 110 valence electrons. The molecular formula is C14H14N2O3S2. The minimum Gasteiger partial charge on any atom is -0.480 e. The number of pyridine rings is 1. The maximum Gasteiger partial charge on any atom is 0.327 e. The first-order valence-electron chi connectivity index (χ1n) is 6.31. The summed E-state index contributed by atoms with van der Waals surface area (Å²) < 4.78 is 0.279. The number of aromatic nitrogens is 1. The lowest BCUT2D eigenvalue weighted by Gasteiger charge is -2.26. The first-order valence-corrected chi connectivity index (χ1v) is 7.54. The van der Waals surface area contributed by atoms with Gasteiger partial charge in [-0.2, -0.15) is 0 Å². The smallest absolute Gasteiger partial charge is 0.327 e. The molecule has 1 unspecified atom stereocenters. The largest absolute Gasteiger partial charge is 0.480 e. The maximum atomic E-state index is 12.4. The first-order chi connectivity index (χ1) is 9.91. The fourth-order valence-electron chi connectivity index (χ4n) is 2.02. The number of rotatable bonds is 4. The number of hydrogen-bond donors (Lipinski definition) is 1. The second kappa shape index (κ2) is 6.36. The summed E-state index contributed by atoms with van der Waals surface area (Å²) in [5, 5.41) is 9.33. The number of thiocarbonyl (C=S) groups is 1. The predicted octanol–water partition coefficient (Wildman–Crippen LogP) is 2.39. The molecule has 0 bridgehead atoms. The molecule has 5 nitrogen and oxygen atoms in total. The van der Waals surface area contributed by atoms with Crippen molar-refractivity contribution in [2.24, 2.45) is 5.92 Å². The monoisotopic (exact) mass is 322 g/mol. The van der Waals surface area contributed by atoms with Crippen molar-refractivity contribution in [3.05, 3.63) is 35.0 Å². The number of thioether (sulfide) groups is 1. The summed E-state index contributed by atoms with van der Waals surface area (Å²) in [6.45, 7) is 3.51. The van der Waals surface area contributed by atoms with E-state index < -0.39 is 12.0 Å². The van der Waals surface area contributed by atoms with Crippen molar-refractivity contribution in [3.63, 3.8) is 0 Å². The van der Waals surface area contributed by atoms with Crippen LogP contribution in [-0.4, -0.2) is 37.2 Å². The molecule has 1 atom stereocenters. The van der Waals surface area contributed by atoms with E-state index in [9.17, 15) is 14.7 Å². The molecule has 1 amide bonds. The first kappa shape index (κ1) is 15.7. The van der Waals surface area contributed by atoms with Gasteiger partial charge in [-0.3, -0.25) is 14.7 Å². The van der Waals surface area contributed by atoms with Crippen LogP contribution in [-0.2, 0) is 9.59 Å². The molecule has 1 N–H and O–H groups in total. The average Bonchev–Trinajstić information content (AvgIpc) is 2.67. The standard InChI is InChI=1S/C14H14N2O3S2/c1-8(2)11(13(18)19)16-12(17)10(21-14(16)20)7-9-3-5-15-6-4-9/h3-8,11H,1-2H3,(H,18,19)/b10-7+. The molecule has 21 heavy (non-hydrogen) atoms. The van der Waals surface area contributed by atoms with Crippen LogP contribution in [0.2, 0.25) is 0 Å². The molecule has 2 rings (SSSR count). The van der Waals surface area contributed by atoms with Gasteiger partial charge in [0.05, 0.1) is 4.91 Å². The molecule has 1 saturated heterocycles. The third-order valence-corrected chi connectivity index (χ3v) is 4.32. The van der Waals surface area contributed by atoms with Crippen LogP contribution in [0.15, 0.2) is 29.4 Å². The van der Waals surface area contributed by atoms with Crippen molar-refractivity contribution in [2.75, 3.05) is 0 Å². The number of carbonyl (C=O) groups excluding carboxylic acids is 1. The summed E-state index contributed by atoms with van der Waals surface area (Å²) in [4.78, 5) is 29.4. The molecule has 7 heteroatoms. The third kappa shape index (κ3) is 3.30. The predicted molar refractivity (Wildman–Crippen MR) is 85.5 cm³/mol. The van der Waals surface area contributed by atoms with Gasteiger partial charge < -0.3 is 5.11 Å². The van der Waals surface area contributed by atoms with Crippen LogP contribution >= 0.6 is 24.0 Å². The number of aliphatic carboxylic acids is 1. The number of nitrogens with zero attached hydrogens (tertiary/aromatic N) is 2. The maximum absolute atomic E-state index is 12.4. The van der Waals surface area contributed by atoms with E-state index in [0.29, 0.717) is 4.91 Å². The molecule has 1 aliphatic rings. The highest BCUT2D eigenvalue weighted by Crippen LogP contribution is 2.35. The molecule has 0 saturated carbocycles. The Bertz CT molecular complexity index is 614. The van der Waals surface area contributed by atoms with Gasteiger partial charge in [0, 0.05) is 12.4 Å². The second-order valence-corrected chi connectivity index (χ2v) is 6.54. The summed E-state index contributed by atoms with van der Waals surface area (Å²) in [6, 6.07) is 2.59.